The third kappa shape index (κ3) is 2.11. The van der Waals surface area contributed by atoms with Gasteiger partial charge in [-0.3, -0.25) is 0 Å². The lowest BCUT2D eigenvalue weighted by Crippen LogP contribution is -2.31. The van der Waals surface area contributed by atoms with Crippen LogP contribution in [0.3, 0.4) is 0 Å². The SMILES string of the molecule is CC(C)(O)C1COc2cccc(C(F)(F)F)c21. The van der Waals surface area contributed by atoms with Crippen molar-refractivity contribution in [3.63, 3.8) is 0 Å². The van der Waals surface area contributed by atoms with Crippen molar-refractivity contribution in [3.8, 4) is 5.75 Å². The molecule has 1 aromatic rings. The Morgan fingerprint density at radius 1 is 1.29 bits per heavy atom. The number of ether oxygens (including phenoxy) is 1. The van der Waals surface area contributed by atoms with Crippen molar-refractivity contribution < 1.29 is 23.0 Å². The number of benzene rings is 1. The standard InChI is InChI=1S/C12H13F3O2/c1-11(2,16)8-6-17-9-5-3-4-7(10(8)9)12(13,14)15/h3-5,8,16H,6H2,1-2H3. The molecule has 1 heterocycles. The molecule has 1 aliphatic heterocycles. The summed E-state index contributed by atoms with van der Waals surface area (Å²) in [6.07, 6.45) is -4.43. The Kier molecular flexibility index (Phi) is 2.61. The molecular formula is C12H13F3O2. The molecule has 2 rings (SSSR count). The van der Waals surface area contributed by atoms with Crippen LogP contribution >= 0.6 is 0 Å². The van der Waals surface area contributed by atoms with Crippen molar-refractivity contribution in [2.45, 2.75) is 31.5 Å². The number of hydrogen-bond acceptors (Lipinski definition) is 2. The van der Waals surface area contributed by atoms with Crippen molar-refractivity contribution >= 4 is 0 Å². The fraction of sp³-hybridized carbons (Fsp3) is 0.500. The van der Waals surface area contributed by atoms with Gasteiger partial charge in [0.05, 0.1) is 23.7 Å². The summed E-state index contributed by atoms with van der Waals surface area (Å²) in [4.78, 5) is 0. The van der Waals surface area contributed by atoms with E-state index in [1.165, 1.54) is 26.0 Å². The highest BCUT2D eigenvalue weighted by Crippen LogP contribution is 2.46. The van der Waals surface area contributed by atoms with Crippen molar-refractivity contribution in [3.05, 3.63) is 29.3 Å². The van der Waals surface area contributed by atoms with Crippen molar-refractivity contribution in [2.75, 3.05) is 6.61 Å². The summed E-state index contributed by atoms with van der Waals surface area (Å²) in [6.45, 7) is 3.05. The Labute approximate surface area is 97.0 Å². The predicted octanol–water partition coefficient (Wildman–Crippen LogP) is 2.95. The summed E-state index contributed by atoms with van der Waals surface area (Å²) < 4.78 is 43.8. The van der Waals surface area contributed by atoms with Gasteiger partial charge in [0.25, 0.3) is 0 Å². The van der Waals surface area contributed by atoms with E-state index in [4.69, 9.17) is 4.74 Å². The van der Waals surface area contributed by atoms with Gasteiger partial charge < -0.3 is 9.84 Å². The Hall–Kier alpha value is -1.23. The molecular weight excluding hydrogens is 233 g/mol. The first-order chi connectivity index (χ1) is 7.71. The molecule has 0 saturated heterocycles. The zero-order chi connectivity index (χ0) is 12.8. The van der Waals surface area contributed by atoms with Gasteiger partial charge in [0.15, 0.2) is 0 Å². The van der Waals surface area contributed by atoms with E-state index in [2.05, 4.69) is 0 Å². The van der Waals surface area contributed by atoms with Gasteiger partial charge in [-0.1, -0.05) is 6.07 Å². The van der Waals surface area contributed by atoms with Crippen LogP contribution in [0, 0.1) is 0 Å². The summed E-state index contributed by atoms with van der Waals surface area (Å²) in [7, 11) is 0. The summed E-state index contributed by atoms with van der Waals surface area (Å²) in [5.74, 6) is -0.442. The minimum absolute atomic E-state index is 0.0625. The van der Waals surface area contributed by atoms with Crippen LogP contribution in [0.1, 0.15) is 30.9 Å². The highest BCUT2D eigenvalue weighted by molar-refractivity contribution is 5.48. The fourth-order valence-corrected chi connectivity index (χ4v) is 2.09. The number of alkyl halides is 3. The number of fused-ring (bicyclic) bond motifs is 1. The van der Waals surface area contributed by atoms with Gasteiger partial charge in [-0.2, -0.15) is 13.2 Å². The Morgan fingerprint density at radius 2 is 1.94 bits per heavy atom. The van der Waals surface area contributed by atoms with Crippen LogP contribution in [0.15, 0.2) is 18.2 Å². The largest absolute Gasteiger partial charge is 0.493 e. The number of hydrogen-bond donors (Lipinski definition) is 1. The minimum Gasteiger partial charge on any atom is -0.493 e. The van der Waals surface area contributed by atoms with Gasteiger partial charge in [0, 0.05) is 5.56 Å². The van der Waals surface area contributed by atoms with Crippen molar-refractivity contribution in [1.29, 1.82) is 0 Å². The molecule has 1 atom stereocenters. The molecule has 1 N–H and O–H groups in total. The normalized spacial score (nSPS) is 20.0. The molecule has 17 heavy (non-hydrogen) atoms. The van der Waals surface area contributed by atoms with Crippen LogP contribution in [-0.4, -0.2) is 17.3 Å². The van der Waals surface area contributed by atoms with E-state index in [-0.39, 0.29) is 17.9 Å². The molecule has 0 aliphatic carbocycles. The highest BCUT2D eigenvalue weighted by Gasteiger charge is 2.43. The maximum atomic E-state index is 12.9. The second-order valence-electron chi connectivity index (χ2n) is 4.73. The van der Waals surface area contributed by atoms with E-state index in [0.717, 1.165) is 6.07 Å². The quantitative estimate of drug-likeness (QED) is 0.825. The molecule has 1 unspecified atom stereocenters. The maximum Gasteiger partial charge on any atom is 0.416 e. The van der Waals surface area contributed by atoms with Gasteiger partial charge in [0.2, 0.25) is 0 Å². The van der Waals surface area contributed by atoms with E-state index in [1.807, 2.05) is 0 Å². The van der Waals surface area contributed by atoms with E-state index < -0.39 is 23.3 Å². The number of aliphatic hydroxyl groups is 1. The Morgan fingerprint density at radius 3 is 2.47 bits per heavy atom. The van der Waals surface area contributed by atoms with Crippen molar-refractivity contribution in [1.82, 2.24) is 0 Å². The lowest BCUT2D eigenvalue weighted by atomic mass is 9.84. The van der Waals surface area contributed by atoms with E-state index in [1.54, 1.807) is 0 Å². The molecule has 0 amide bonds. The molecule has 2 nitrogen and oxygen atoms in total. The number of halogens is 3. The van der Waals surface area contributed by atoms with E-state index in [0.29, 0.717) is 0 Å². The first kappa shape index (κ1) is 12.2. The lowest BCUT2D eigenvalue weighted by Gasteiger charge is -2.26. The molecule has 1 aromatic carbocycles. The molecule has 0 saturated carbocycles. The summed E-state index contributed by atoms with van der Waals surface area (Å²) in [5.41, 5.74) is -1.90. The highest BCUT2D eigenvalue weighted by atomic mass is 19.4. The van der Waals surface area contributed by atoms with Crippen LogP contribution in [0.4, 0.5) is 13.2 Å². The maximum absolute atomic E-state index is 12.9. The molecule has 1 aliphatic rings. The average molecular weight is 246 g/mol. The third-order valence-electron chi connectivity index (χ3n) is 2.98. The summed E-state index contributed by atoms with van der Waals surface area (Å²) in [5, 5.41) is 9.91. The monoisotopic (exact) mass is 246 g/mol. The van der Waals surface area contributed by atoms with Crippen LogP contribution in [0.5, 0.6) is 5.75 Å². The molecule has 5 heteroatoms. The van der Waals surface area contributed by atoms with Gasteiger partial charge in [0.1, 0.15) is 5.75 Å². The summed E-state index contributed by atoms with van der Waals surface area (Å²) >= 11 is 0. The zero-order valence-corrected chi connectivity index (χ0v) is 9.51. The molecule has 0 spiro atoms. The fourth-order valence-electron chi connectivity index (χ4n) is 2.09. The lowest BCUT2D eigenvalue weighted by molar-refractivity contribution is -0.138. The van der Waals surface area contributed by atoms with Crippen LogP contribution < -0.4 is 4.74 Å². The number of rotatable bonds is 1. The zero-order valence-electron chi connectivity index (χ0n) is 9.51. The second-order valence-corrected chi connectivity index (χ2v) is 4.73. The van der Waals surface area contributed by atoms with E-state index >= 15 is 0 Å². The van der Waals surface area contributed by atoms with Gasteiger partial charge in [-0.15, -0.1) is 0 Å². The van der Waals surface area contributed by atoms with Crippen LogP contribution in [-0.2, 0) is 6.18 Å². The van der Waals surface area contributed by atoms with Gasteiger partial charge >= 0.3 is 6.18 Å². The first-order valence-electron chi connectivity index (χ1n) is 5.26. The minimum atomic E-state index is -4.43. The van der Waals surface area contributed by atoms with Crippen LogP contribution in [0.25, 0.3) is 0 Å². The average Bonchev–Trinajstić information content (AvgIpc) is 2.57. The Bertz CT molecular complexity index is 432. The third-order valence-corrected chi connectivity index (χ3v) is 2.98. The molecule has 0 bridgehead atoms. The van der Waals surface area contributed by atoms with E-state index in [9.17, 15) is 18.3 Å². The van der Waals surface area contributed by atoms with Crippen LogP contribution in [0.2, 0.25) is 0 Å². The smallest absolute Gasteiger partial charge is 0.416 e. The topological polar surface area (TPSA) is 29.5 Å². The molecule has 94 valence electrons. The predicted molar refractivity (Wildman–Crippen MR) is 56.0 cm³/mol. The van der Waals surface area contributed by atoms with Gasteiger partial charge in [-0.25, -0.2) is 0 Å². The molecule has 0 fully saturated rings. The Balaban J connectivity index is 2.57. The van der Waals surface area contributed by atoms with Crippen molar-refractivity contribution in [2.24, 2.45) is 0 Å². The second kappa shape index (κ2) is 3.63. The summed E-state index contributed by atoms with van der Waals surface area (Å²) in [6, 6.07) is 3.83. The molecule has 0 radical (unpaired) electrons. The van der Waals surface area contributed by atoms with Gasteiger partial charge in [-0.05, 0) is 26.0 Å². The first-order valence-corrected chi connectivity index (χ1v) is 5.26. The molecule has 0 aromatic heterocycles.